The topological polar surface area (TPSA) is 1160 Å². The molecular weight excluding hydrogens is 2430 g/mol. The van der Waals surface area contributed by atoms with Gasteiger partial charge in [0.1, 0.15) is 85.5 Å². The van der Waals surface area contributed by atoms with Gasteiger partial charge < -0.3 is 103 Å². The standard InChI is InChI=1S/C33H62N2O70S16.16Na/c36-30(26(102-118(74,75)76)22(98-114(62,63)64)18(16(94-110(50,51)52)12-88-108(44,45)46)92-32-28(104-120(80,81)82)24(100-116(68,69)70)20(96-112(56,57)58)14(90-32)10-86-106(38,39)40)34-8-6-4-2-1-3-5-7-9-35-31(37)27(103-119(77,78)79)23(99-115(65,66)67)19(17(95-111(53,54)55)13-89-109(47,48)49)93-33-29(105-121(83,84)85)25(101-117(71,72)73)21(97-113(59,60)61)15(91-33)11-87-107(41,42)43;;;;;;;;;;;;;;;;/h14-29,32-33H,1-13H2,(H,34,36)(H,35,37)(H,38,39,40)(H,41,42,43)(H,44,45,46)(H,47,48,49)(H,50,51,52)(H,53,54,55)(H,56,57,58)(H,59,60,61)(H,62,63,64)(H,65,66,67)(H,68,69,70)(H,71,72,73)(H,74,75,76)(H,77,78,79)(H,80,81,82)(H,83,84,85);;;;;;;;;;;;;;;;/q;16*+1/p-16/t14-,15+,16+,17-,18-,19-,20-,21-,22-,23-,24-,25-,26-,27+,28?,29-,32-,33+;;;;;;;;;;;;;;;;/m0................/s1. The summed E-state index contributed by atoms with van der Waals surface area (Å²) in [4.78, 5) is 6.22. The first-order valence-corrected chi connectivity index (χ1v) is 50.3. The summed E-state index contributed by atoms with van der Waals surface area (Å²) in [5.74, 6) is -5.25. The predicted octanol–water partition coefficient (Wildman–Crippen LogP) is -65.7. The Morgan fingerprint density at radius 1 is 0.255 bits per heavy atom. The van der Waals surface area contributed by atoms with Gasteiger partial charge in [-0.1, -0.05) is 32.1 Å². The Morgan fingerprint density at radius 3 is 0.664 bits per heavy atom. The molecule has 2 aliphatic heterocycles. The van der Waals surface area contributed by atoms with Crippen LogP contribution in [0, 0.1) is 0 Å². The molecule has 0 radical (unpaired) electrons. The van der Waals surface area contributed by atoms with Crippen LogP contribution in [0.1, 0.15) is 44.9 Å². The molecule has 2 fully saturated rings. The number of aliphatic imine (C=N–C) groups is 2. The fraction of sp³-hybridized carbons (Fsp3) is 0.939. The van der Waals surface area contributed by atoms with Gasteiger partial charge >= 0.3 is 494 Å². The Kier molecular flexibility index (Phi) is 104. The van der Waals surface area contributed by atoms with Gasteiger partial charge in [-0.3, -0.25) is 67.7 Å². The van der Waals surface area contributed by atoms with Gasteiger partial charge in [-0.25, -0.2) is 126 Å². The third-order valence-corrected chi connectivity index (χ3v) is 20.1. The summed E-state index contributed by atoms with van der Waals surface area (Å²) in [6.45, 7) is -12.6. The molecule has 2 saturated heterocycles. The Balaban J connectivity index is -0.000000716. The predicted molar refractivity (Wildman–Crippen MR) is 325 cm³/mol. The number of rotatable bonds is 58. The van der Waals surface area contributed by atoms with Crippen molar-refractivity contribution < 1.29 is 777 Å². The third kappa shape index (κ3) is 88.0. The van der Waals surface area contributed by atoms with Crippen molar-refractivity contribution in [3.05, 3.63) is 0 Å². The van der Waals surface area contributed by atoms with Crippen molar-refractivity contribution in [2.45, 2.75) is 155 Å². The zero-order valence-corrected chi connectivity index (χ0v) is 118. The molecule has 2 rings (SSSR count). The van der Waals surface area contributed by atoms with Crippen LogP contribution in [0.3, 0.4) is 0 Å². The molecule has 72 nitrogen and oxygen atoms in total. The quantitative estimate of drug-likeness (QED) is 0.0143. The van der Waals surface area contributed by atoms with E-state index in [9.17, 15) is 218 Å². The molecule has 0 aromatic rings. The Bertz CT molecular complexity index is 5250. The molecule has 2 heterocycles. The van der Waals surface area contributed by atoms with Gasteiger partial charge in [0, 0.05) is 13.1 Å². The Labute approximate surface area is 1140 Å². The summed E-state index contributed by atoms with van der Waals surface area (Å²) in [6.07, 6.45) is -73.6. The van der Waals surface area contributed by atoms with Gasteiger partial charge in [-0.2, -0.15) is 16.8 Å². The first-order chi connectivity index (χ1) is 53.8. The number of hydrogen-bond donors (Lipinski definition) is 2. The van der Waals surface area contributed by atoms with E-state index in [2.05, 4.69) is 76.9 Å². The summed E-state index contributed by atoms with van der Waals surface area (Å²) in [6, 6.07) is 0. The van der Waals surface area contributed by atoms with E-state index in [4.69, 9.17) is 18.9 Å². The van der Waals surface area contributed by atoms with E-state index in [1.54, 1.807) is 0 Å². The Hall–Kier alpha value is 12.7. The maximum Gasteiger partial charge on any atom is 1.00 e. The summed E-state index contributed by atoms with van der Waals surface area (Å²) < 4.78 is 651. The van der Waals surface area contributed by atoms with Crippen LogP contribution < -0.4 is 483 Å². The van der Waals surface area contributed by atoms with Crippen LogP contribution in [0.5, 0.6) is 0 Å². The first kappa shape index (κ1) is 182. The largest absolute Gasteiger partial charge is 1.00 e. The van der Waals surface area contributed by atoms with Crippen molar-refractivity contribution in [2.24, 2.45) is 9.98 Å². The minimum Gasteiger partial charge on any atom is -0.860 e. The monoisotopic (exact) mass is 2470 g/mol. The number of hydrogen-bond acceptors (Lipinski definition) is 70. The van der Waals surface area contributed by atoms with Gasteiger partial charge in [-0.15, -0.1) is 0 Å². The molecule has 0 bridgehead atoms. The molecule has 1 unspecified atom stereocenters. The fourth-order valence-electron chi connectivity index (χ4n) is 9.27. The van der Waals surface area contributed by atoms with Crippen LogP contribution in [0.4, 0.5) is 0 Å². The molecule has 720 valence electrons. The third-order valence-electron chi connectivity index (χ3n) is 12.9. The fourth-order valence-corrected chi connectivity index (χ4v) is 16.2. The Morgan fingerprint density at radius 2 is 0.467 bits per heavy atom. The van der Waals surface area contributed by atoms with Crippen LogP contribution in [0.2, 0.25) is 0 Å². The van der Waals surface area contributed by atoms with Crippen LogP contribution in [-0.4, -0.2) is 369 Å². The molecule has 0 spiro atoms. The summed E-state index contributed by atoms with van der Waals surface area (Å²) >= 11 is 0. The van der Waals surface area contributed by atoms with Crippen LogP contribution in [0.25, 0.3) is 0 Å². The van der Waals surface area contributed by atoms with Gasteiger partial charge in [0.05, 0.1) is 26.4 Å². The van der Waals surface area contributed by atoms with Gasteiger partial charge in [0.2, 0.25) is 146 Å². The number of unbranched alkanes of at least 4 members (excludes halogenated alkanes) is 6. The minimum atomic E-state index is -7.07. The van der Waals surface area contributed by atoms with E-state index in [1.807, 2.05) is 0 Å². The second kappa shape index (κ2) is 78.2. The zero-order chi connectivity index (χ0) is 94.3. The number of nitrogens with zero attached hydrogens (tertiary/aromatic N) is 2. The molecule has 2 N–H and O–H groups in total. The number of ether oxygens (including phenoxy) is 4. The summed E-state index contributed by atoms with van der Waals surface area (Å²) in [5, 5.41) is 27.7. The molecule has 2 aliphatic rings. The van der Waals surface area contributed by atoms with Crippen molar-refractivity contribution in [3.8, 4) is 0 Å². The molecule has 0 aromatic heterocycles. The van der Waals surface area contributed by atoms with E-state index < -0.39 is 341 Å². The van der Waals surface area contributed by atoms with Gasteiger partial charge in [0.15, 0.2) is 24.8 Å². The molecule has 137 heavy (non-hydrogen) atoms. The average Bonchev–Trinajstić information content (AvgIpc) is 0.764. The van der Waals surface area contributed by atoms with Crippen LogP contribution in [0.15, 0.2) is 9.98 Å². The van der Waals surface area contributed by atoms with Gasteiger partial charge in [-0.05, 0) is 24.6 Å². The zero-order valence-electron chi connectivity index (χ0n) is 72.7. The second-order valence-corrected chi connectivity index (χ2v) is 38.1. The van der Waals surface area contributed by atoms with E-state index in [0.29, 0.717) is 0 Å². The smallest absolute Gasteiger partial charge is 0.860 e. The molecule has 0 saturated carbocycles. The van der Waals surface area contributed by atoms with E-state index in [-0.39, 0.29) is 505 Å². The van der Waals surface area contributed by atoms with Gasteiger partial charge in [0.25, 0.3) is 0 Å². The van der Waals surface area contributed by atoms with E-state index in [1.165, 1.54) is 0 Å². The van der Waals surface area contributed by atoms with Crippen molar-refractivity contribution in [1.82, 2.24) is 0 Å². The molecular formula is C33H46N2Na16O70S16. The van der Waals surface area contributed by atoms with Crippen molar-refractivity contribution in [3.63, 3.8) is 0 Å². The average molecular weight is 2470 g/mol. The van der Waals surface area contributed by atoms with Crippen LogP contribution >= 0.6 is 0 Å². The first-order valence-electron chi connectivity index (χ1n) is 28.9. The van der Waals surface area contributed by atoms with Crippen molar-refractivity contribution in [1.29, 1.82) is 0 Å². The maximum atomic E-state index is 13.8. The van der Waals surface area contributed by atoms with Crippen molar-refractivity contribution >= 4 is 178 Å². The van der Waals surface area contributed by atoms with E-state index in [0.717, 1.165) is 0 Å². The molecule has 18 atom stereocenters. The molecule has 104 heteroatoms. The molecule has 0 aliphatic carbocycles. The summed E-state index contributed by atoms with van der Waals surface area (Å²) in [5.41, 5.74) is 0. The van der Waals surface area contributed by atoms with Crippen molar-refractivity contribution in [2.75, 3.05) is 39.5 Å². The second-order valence-electron chi connectivity index (χ2n) is 21.7. The molecule has 0 aromatic carbocycles. The molecule has 0 amide bonds. The maximum absolute atomic E-state index is 13.8. The van der Waals surface area contributed by atoms with Crippen LogP contribution in [-0.2, 0) is 252 Å². The SMILES string of the molecule is O=S(=O)([O-])OC[C@H](OS(=O)(=O)[O-])[C@H](O[C@H]1O[C@H](COS(=O)(=O)[O-])[C@H](OS(=O)(=O)[O-])[C@H](OS(=O)(=O)[O-])[C@@H]1OS(=O)(=O)O)[C@H](OS(=O)(=O)[O-])[C@@H](OS(=O)(=O)[O-])C([O-])=NCCCCCCCCCN=C([O-])[C@@H](OS(=O)(=O)[O-])[C@@H](OS(=O)(=O)[O-])[C@@H](O[C@@H]1O[C@@H](COS(=O)(=O)[O-])[C@H](OS(=O)(=O)[O-])[C@H](OS(=O)(=O)[O-])C1OS(=O)(=O)O)[C@@H](COS(=O)(=O)[O-])OS(=O)(=O)[O-].[Na+].[Na+].[Na+].[Na+].[Na+].[Na+].[Na+].[Na+].[Na+].[Na+].[Na+].[Na+].[Na+].[Na+].[Na+].[Na+]. The van der Waals surface area contributed by atoms with E-state index >= 15 is 0 Å². The normalized spacial score (nSPS) is 21.3. The summed E-state index contributed by atoms with van der Waals surface area (Å²) in [7, 11) is -108. The minimum absolute atomic E-state index is 0.